The molecule has 0 aliphatic heterocycles. The number of carbonyl (C=O) groups excluding carboxylic acids is 1. The molecule has 35 heavy (non-hydrogen) atoms. The Kier molecular flexibility index (Phi) is 8.24. The van der Waals surface area contributed by atoms with E-state index in [2.05, 4.69) is 10.5 Å². The molecule has 0 unspecified atom stereocenters. The van der Waals surface area contributed by atoms with Crippen LogP contribution in [0.25, 0.3) is 5.69 Å². The first kappa shape index (κ1) is 25.4. The van der Waals surface area contributed by atoms with Gasteiger partial charge in [0.2, 0.25) is 0 Å². The average molecular weight is 543 g/mol. The molecule has 0 radical (unpaired) electrons. The maximum Gasteiger partial charge on any atom is 0.271 e. The van der Waals surface area contributed by atoms with Crippen molar-refractivity contribution in [3.05, 3.63) is 116 Å². The molecule has 1 aromatic heterocycles. The van der Waals surface area contributed by atoms with E-state index in [1.165, 1.54) is 0 Å². The standard InChI is InChI=1S/C27H22Cl3N3OS/c1-17-13-21(18(2)33(17)26-12-9-23(29)14-25(26)30)15-31-32-27(34)20-5-3-19(4-6-20)16-35-24-10-7-22(28)8-11-24/h3-15H,16H2,1-2H3,(H,32,34)/b31-15+. The smallest absolute Gasteiger partial charge is 0.271 e. The van der Waals surface area contributed by atoms with E-state index in [9.17, 15) is 4.79 Å². The van der Waals surface area contributed by atoms with Crippen molar-refractivity contribution in [2.45, 2.75) is 24.5 Å². The van der Waals surface area contributed by atoms with E-state index in [0.29, 0.717) is 15.6 Å². The van der Waals surface area contributed by atoms with Crippen LogP contribution < -0.4 is 5.43 Å². The van der Waals surface area contributed by atoms with Crippen molar-refractivity contribution >= 4 is 58.7 Å². The molecule has 3 aromatic carbocycles. The van der Waals surface area contributed by atoms with E-state index in [-0.39, 0.29) is 5.91 Å². The molecule has 1 amide bonds. The molecule has 0 fully saturated rings. The van der Waals surface area contributed by atoms with Crippen molar-refractivity contribution in [3.63, 3.8) is 0 Å². The highest BCUT2D eigenvalue weighted by Gasteiger charge is 2.13. The summed E-state index contributed by atoms with van der Waals surface area (Å²) in [5, 5.41) is 6.03. The largest absolute Gasteiger partial charge is 0.316 e. The molecule has 4 aromatic rings. The van der Waals surface area contributed by atoms with Gasteiger partial charge in [0, 0.05) is 43.2 Å². The maximum atomic E-state index is 12.5. The lowest BCUT2D eigenvalue weighted by atomic mass is 10.1. The van der Waals surface area contributed by atoms with Gasteiger partial charge >= 0.3 is 0 Å². The van der Waals surface area contributed by atoms with Crippen LogP contribution in [0.15, 0.2) is 82.8 Å². The maximum absolute atomic E-state index is 12.5. The fraction of sp³-hybridized carbons (Fsp3) is 0.111. The molecule has 1 heterocycles. The second-order valence-electron chi connectivity index (χ2n) is 7.90. The third kappa shape index (κ3) is 6.30. The minimum atomic E-state index is -0.271. The van der Waals surface area contributed by atoms with Gasteiger partial charge in [-0.2, -0.15) is 5.10 Å². The number of rotatable bonds is 7. The van der Waals surface area contributed by atoms with E-state index in [4.69, 9.17) is 34.8 Å². The van der Waals surface area contributed by atoms with Crippen LogP contribution in [0.4, 0.5) is 0 Å². The third-order valence-electron chi connectivity index (χ3n) is 5.43. The molecule has 0 aliphatic rings. The summed E-state index contributed by atoms with van der Waals surface area (Å²) >= 11 is 20.1. The predicted molar refractivity (Wildman–Crippen MR) is 148 cm³/mol. The van der Waals surface area contributed by atoms with Crippen molar-refractivity contribution in [2.75, 3.05) is 0 Å². The van der Waals surface area contributed by atoms with Gasteiger partial charge in [-0.3, -0.25) is 4.79 Å². The zero-order chi connectivity index (χ0) is 24.9. The van der Waals surface area contributed by atoms with Crippen LogP contribution in [0.3, 0.4) is 0 Å². The van der Waals surface area contributed by atoms with E-state index < -0.39 is 0 Å². The topological polar surface area (TPSA) is 46.4 Å². The van der Waals surface area contributed by atoms with E-state index in [1.807, 2.05) is 66.9 Å². The molecule has 0 saturated heterocycles. The zero-order valence-corrected chi connectivity index (χ0v) is 22.1. The monoisotopic (exact) mass is 541 g/mol. The summed E-state index contributed by atoms with van der Waals surface area (Å²) in [5.41, 5.74) is 7.93. The number of nitrogens with zero attached hydrogens (tertiary/aromatic N) is 2. The first-order valence-corrected chi connectivity index (χ1v) is 12.9. The SMILES string of the molecule is Cc1cc(/C=N/NC(=O)c2ccc(CSc3ccc(Cl)cc3)cc2)c(C)n1-c1ccc(Cl)cc1Cl. The van der Waals surface area contributed by atoms with Crippen LogP contribution in [-0.2, 0) is 5.75 Å². The molecule has 4 rings (SSSR count). The number of carbonyl (C=O) groups is 1. The Bertz CT molecular complexity index is 1380. The number of hydrogen-bond acceptors (Lipinski definition) is 3. The normalized spacial score (nSPS) is 11.2. The fourth-order valence-electron chi connectivity index (χ4n) is 3.63. The van der Waals surface area contributed by atoms with Gasteiger partial charge in [-0.25, -0.2) is 5.43 Å². The van der Waals surface area contributed by atoms with Crippen LogP contribution in [0.2, 0.25) is 15.1 Å². The highest BCUT2D eigenvalue weighted by molar-refractivity contribution is 7.98. The molecule has 0 spiro atoms. The molecular weight excluding hydrogens is 521 g/mol. The number of nitrogens with one attached hydrogen (secondary N) is 1. The van der Waals surface area contributed by atoms with Gasteiger partial charge in [0.05, 0.1) is 16.9 Å². The summed E-state index contributed by atoms with van der Waals surface area (Å²) in [6.45, 7) is 3.96. The molecule has 1 N–H and O–H groups in total. The Balaban J connectivity index is 1.38. The lowest BCUT2D eigenvalue weighted by Gasteiger charge is -2.11. The van der Waals surface area contributed by atoms with Crippen LogP contribution in [0.1, 0.15) is 32.9 Å². The second kappa shape index (κ2) is 11.4. The Hall–Kier alpha value is -2.70. The summed E-state index contributed by atoms with van der Waals surface area (Å²) in [6.07, 6.45) is 1.64. The van der Waals surface area contributed by atoms with E-state index in [0.717, 1.165) is 43.9 Å². The summed E-state index contributed by atoms with van der Waals surface area (Å²) in [7, 11) is 0. The number of aromatic nitrogens is 1. The van der Waals surface area contributed by atoms with Crippen molar-refractivity contribution in [2.24, 2.45) is 5.10 Å². The predicted octanol–water partition coefficient (Wildman–Crippen LogP) is 8.11. The summed E-state index contributed by atoms with van der Waals surface area (Å²) < 4.78 is 2.03. The van der Waals surface area contributed by atoms with Gasteiger partial charge in [0.15, 0.2) is 0 Å². The zero-order valence-electron chi connectivity index (χ0n) is 19.1. The minimum absolute atomic E-state index is 0.271. The number of halogens is 3. The summed E-state index contributed by atoms with van der Waals surface area (Å²) in [4.78, 5) is 13.7. The van der Waals surface area contributed by atoms with Crippen LogP contribution in [0.5, 0.6) is 0 Å². The molecule has 0 atom stereocenters. The lowest BCUT2D eigenvalue weighted by Crippen LogP contribution is -2.17. The van der Waals surface area contributed by atoms with Crippen LogP contribution >= 0.6 is 46.6 Å². The molecule has 0 bridgehead atoms. The fourth-order valence-corrected chi connectivity index (χ4v) is 5.10. The first-order chi connectivity index (χ1) is 16.8. The highest BCUT2D eigenvalue weighted by atomic mass is 35.5. The van der Waals surface area contributed by atoms with Gasteiger partial charge in [-0.15, -0.1) is 11.8 Å². The first-order valence-electron chi connectivity index (χ1n) is 10.8. The molecule has 4 nitrogen and oxygen atoms in total. The van der Waals surface area contributed by atoms with E-state index >= 15 is 0 Å². The average Bonchev–Trinajstić information content (AvgIpc) is 3.12. The van der Waals surface area contributed by atoms with Crippen LogP contribution in [0, 0.1) is 13.8 Å². The summed E-state index contributed by atoms with van der Waals surface area (Å²) in [6, 6.07) is 22.6. The number of hydrazone groups is 1. The van der Waals surface area contributed by atoms with Crippen molar-refractivity contribution < 1.29 is 4.79 Å². The quantitative estimate of drug-likeness (QED) is 0.146. The molecular formula is C27H22Cl3N3OS. The van der Waals surface area contributed by atoms with Crippen LogP contribution in [-0.4, -0.2) is 16.7 Å². The lowest BCUT2D eigenvalue weighted by molar-refractivity contribution is 0.0955. The molecule has 0 saturated carbocycles. The van der Waals surface area contributed by atoms with E-state index in [1.54, 1.807) is 42.2 Å². The van der Waals surface area contributed by atoms with Gasteiger partial charge in [-0.05, 0) is 80.1 Å². The Morgan fingerprint density at radius 2 is 1.63 bits per heavy atom. The number of thioether (sulfide) groups is 1. The van der Waals surface area contributed by atoms with Crippen molar-refractivity contribution in [3.8, 4) is 5.69 Å². The Morgan fingerprint density at radius 1 is 0.943 bits per heavy atom. The number of benzene rings is 3. The minimum Gasteiger partial charge on any atom is -0.316 e. The van der Waals surface area contributed by atoms with Crippen molar-refractivity contribution in [1.82, 2.24) is 9.99 Å². The van der Waals surface area contributed by atoms with Gasteiger partial charge < -0.3 is 4.57 Å². The van der Waals surface area contributed by atoms with Gasteiger partial charge in [-0.1, -0.05) is 46.9 Å². The summed E-state index contributed by atoms with van der Waals surface area (Å²) in [5.74, 6) is 0.530. The molecule has 8 heteroatoms. The Morgan fingerprint density at radius 3 is 2.31 bits per heavy atom. The number of amides is 1. The Labute approximate surface area is 223 Å². The molecule has 178 valence electrons. The number of aryl methyl sites for hydroxylation is 1. The van der Waals surface area contributed by atoms with Crippen molar-refractivity contribution in [1.29, 1.82) is 0 Å². The number of hydrogen-bond donors (Lipinski definition) is 1. The van der Waals surface area contributed by atoms with Gasteiger partial charge in [0.1, 0.15) is 0 Å². The second-order valence-corrected chi connectivity index (χ2v) is 10.2. The highest BCUT2D eigenvalue weighted by Crippen LogP contribution is 2.28. The van der Waals surface area contributed by atoms with Gasteiger partial charge in [0.25, 0.3) is 5.91 Å². The molecule has 0 aliphatic carbocycles. The third-order valence-corrected chi connectivity index (χ3v) is 7.30.